The van der Waals surface area contributed by atoms with Crippen LogP contribution in [0.3, 0.4) is 0 Å². The standard InChI is InChI=1S/C15H16N2O/c1-2-10-15(12-7-4-3-5-8-12)11-6-9-13(17-16)14(15)18/h2-5,7-8H,1,6,9-11H2. The second-order valence-electron chi connectivity index (χ2n) is 4.67. The Morgan fingerprint density at radius 2 is 2.11 bits per heavy atom. The maximum absolute atomic E-state index is 12.5. The van der Waals surface area contributed by atoms with Crippen LogP contribution < -0.4 is 0 Å². The van der Waals surface area contributed by atoms with Crippen LogP contribution >= 0.6 is 0 Å². The first-order valence-electron chi connectivity index (χ1n) is 6.17. The summed E-state index contributed by atoms with van der Waals surface area (Å²) in [5, 5.41) is 0. The molecule has 0 N–H and O–H groups in total. The van der Waals surface area contributed by atoms with Gasteiger partial charge in [-0.05, 0) is 24.8 Å². The maximum Gasteiger partial charge on any atom is 0.335 e. The number of carbonyl (C=O) groups excluding carboxylic acids is 1. The quantitative estimate of drug-likeness (QED) is 0.455. The van der Waals surface area contributed by atoms with E-state index in [1.807, 2.05) is 30.3 Å². The summed E-state index contributed by atoms with van der Waals surface area (Å²) in [5.74, 6) is -0.0673. The summed E-state index contributed by atoms with van der Waals surface area (Å²) in [7, 11) is 0. The van der Waals surface area contributed by atoms with Gasteiger partial charge in [-0.1, -0.05) is 36.4 Å². The van der Waals surface area contributed by atoms with E-state index in [0.29, 0.717) is 12.8 Å². The lowest BCUT2D eigenvalue weighted by molar-refractivity contribution is -0.124. The molecule has 3 heteroatoms. The topological polar surface area (TPSA) is 53.5 Å². The van der Waals surface area contributed by atoms with Crippen molar-refractivity contribution in [2.24, 2.45) is 0 Å². The minimum absolute atomic E-state index is 0.0673. The number of ketones is 1. The smallest absolute Gasteiger partial charge is 0.335 e. The van der Waals surface area contributed by atoms with Crippen LogP contribution in [0, 0.1) is 0 Å². The fourth-order valence-electron chi connectivity index (χ4n) is 2.75. The molecule has 0 bridgehead atoms. The summed E-state index contributed by atoms with van der Waals surface area (Å²) >= 11 is 0. The van der Waals surface area contributed by atoms with E-state index >= 15 is 0 Å². The lowest BCUT2D eigenvalue weighted by Gasteiger charge is -2.33. The Morgan fingerprint density at radius 3 is 2.72 bits per heavy atom. The Hall–Kier alpha value is -1.99. The third-order valence-corrected chi connectivity index (χ3v) is 3.65. The Labute approximate surface area is 107 Å². The summed E-state index contributed by atoms with van der Waals surface area (Å²) in [6.07, 6.45) is 4.54. The second kappa shape index (κ2) is 5.11. The molecule has 0 amide bonds. The summed E-state index contributed by atoms with van der Waals surface area (Å²) in [4.78, 5) is 15.7. The Bertz CT molecular complexity index is 515. The van der Waals surface area contributed by atoms with Crippen LogP contribution in [-0.4, -0.2) is 16.3 Å². The molecule has 1 aliphatic carbocycles. The molecule has 1 unspecified atom stereocenters. The molecule has 1 aromatic rings. The molecule has 1 fully saturated rings. The van der Waals surface area contributed by atoms with Gasteiger partial charge in [-0.2, -0.15) is 4.79 Å². The van der Waals surface area contributed by atoms with Gasteiger partial charge < -0.3 is 5.53 Å². The maximum atomic E-state index is 12.5. The summed E-state index contributed by atoms with van der Waals surface area (Å²) < 4.78 is 0. The zero-order valence-electron chi connectivity index (χ0n) is 10.3. The molecule has 1 saturated carbocycles. The van der Waals surface area contributed by atoms with Gasteiger partial charge in [0.25, 0.3) is 0 Å². The Balaban J connectivity index is 2.53. The van der Waals surface area contributed by atoms with Gasteiger partial charge in [0.2, 0.25) is 5.78 Å². The molecule has 2 rings (SSSR count). The Morgan fingerprint density at radius 1 is 1.39 bits per heavy atom. The minimum atomic E-state index is -0.594. The average Bonchev–Trinajstić information content (AvgIpc) is 2.42. The molecule has 0 spiro atoms. The largest absolute Gasteiger partial charge is 0.361 e. The average molecular weight is 240 g/mol. The van der Waals surface area contributed by atoms with Crippen molar-refractivity contribution in [1.29, 1.82) is 0 Å². The molecule has 0 radical (unpaired) electrons. The first-order chi connectivity index (χ1) is 8.74. The van der Waals surface area contributed by atoms with Gasteiger partial charge in [-0.25, -0.2) is 0 Å². The molecule has 0 aliphatic heterocycles. The van der Waals surface area contributed by atoms with E-state index in [9.17, 15) is 4.79 Å². The molecule has 92 valence electrons. The number of allylic oxidation sites excluding steroid dienone is 1. The SMILES string of the molecule is C=CCC1(c2ccccc2)CCCC(=[N+]=[N-])C1=O. The molecular formula is C15H16N2O. The highest BCUT2D eigenvalue weighted by Gasteiger charge is 2.47. The van der Waals surface area contributed by atoms with Crippen LogP contribution in [0.1, 0.15) is 31.2 Å². The van der Waals surface area contributed by atoms with Crippen molar-refractivity contribution in [3.05, 3.63) is 54.1 Å². The van der Waals surface area contributed by atoms with Crippen molar-refractivity contribution in [3.8, 4) is 0 Å². The highest BCUT2D eigenvalue weighted by molar-refractivity contribution is 6.41. The summed E-state index contributed by atoms with van der Waals surface area (Å²) in [6.45, 7) is 3.76. The zero-order valence-corrected chi connectivity index (χ0v) is 10.3. The number of carbonyl (C=O) groups is 1. The lowest BCUT2D eigenvalue weighted by atomic mass is 9.66. The highest BCUT2D eigenvalue weighted by atomic mass is 16.1. The zero-order chi connectivity index (χ0) is 13.0. The highest BCUT2D eigenvalue weighted by Crippen LogP contribution is 2.38. The van der Waals surface area contributed by atoms with E-state index in [4.69, 9.17) is 5.53 Å². The first kappa shape index (κ1) is 12.5. The van der Waals surface area contributed by atoms with E-state index in [1.165, 1.54) is 0 Å². The van der Waals surface area contributed by atoms with Gasteiger partial charge in [-0.3, -0.25) is 4.79 Å². The van der Waals surface area contributed by atoms with Crippen molar-refractivity contribution in [3.63, 3.8) is 0 Å². The minimum Gasteiger partial charge on any atom is -0.361 e. The monoisotopic (exact) mass is 240 g/mol. The van der Waals surface area contributed by atoms with E-state index in [2.05, 4.69) is 11.4 Å². The van der Waals surface area contributed by atoms with Crippen molar-refractivity contribution < 1.29 is 9.58 Å². The van der Waals surface area contributed by atoms with E-state index in [1.54, 1.807) is 6.08 Å². The molecule has 18 heavy (non-hydrogen) atoms. The Kier molecular flexibility index (Phi) is 3.54. The molecule has 1 atom stereocenters. The van der Waals surface area contributed by atoms with Crippen LogP contribution in [0.15, 0.2) is 43.0 Å². The predicted molar refractivity (Wildman–Crippen MR) is 70.4 cm³/mol. The molecule has 0 aromatic heterocycles. The van der Waals surface area contributed by atoms with Crippen molar-refractivity contribution in [2.75, 3.05) is 0 Å². The van der Waals surface area contributed by atoms with Gasteiger partial charge in [0.1, 0.15) is 0 Å². The first-order valence-corrected chi connectivity index (χ1v) is 6.17. The van der Waals surface area contributed by atoms with Gasteiger partial charge >= 0.3 is 5.71 Å². The number of hydrogen-bond acceptors (Lipinski definition) is 1. The number of Topliss-reactive ketones (excluding diaryl/α,β-unsaturated/α-hetero) is 1. The third-order valence-electron chi connectivity index (χ3n) is 3.65. The van der Waals surface area contributed by atoms with Crippen LogP contribution in [0.4, 0.5) is 0 Å². The summed E-state index contributed by atoms with van der Waals surface area (Å²) in [6, 6.07) is 9.71. The number of hydrogen-bond donors (Lipinski definition) is 0. The van der Waals surface area contributed by atoms with Crippen LogP contribution in [-0.2, 0) is 10.2 Å². The van der Waals surface area contributed by atoms with Crippen molar-refractivity contribution in [1.82, 2.24) is 0 Å². The van der Waals surface area contributed by atoms with Gasteiger partial charge in [-0.15, -0.1) is 6.58 Å². The molecule has 3 nitrogen and oxygen atoms in total. The van der Waals surface area contributed by atoms with Crippen molar-refractivity contribution in [2.45, 2.75) is 31.1 Å². The van der Waals surface area contributed by atoms with E-state index in [0.717, 1.165) is 18.4 Å². The number of benzene rings is 1. The molecular weight excluding hydrogens is 224 g/mol. The van der Waals surface area contributed by atoms with Crippen LogP contribution in [0.5, 0.6) is 0 Å². The normalized spacial score (nSPS) is 23.6. The van der Waals surface area contributed by atoms with E-state index < -0.39 is 5.41 Å². The molecule has 0 heterocycles. The van der Waals surface area contributed by atoms with Crippen molar-refractivity contribution >= 4 is 11.5 Å². The molecule has 0 saturated heterocycles. The summed E-state index contributed by atoms with van der Waals surface area (Å²) in [5.41, 5.74) is 9.62. The fourth-order valence-corrected chi connectivity index (χ4v) is 2.75. The fraction of sp³-hybridized carbons (Fsp3) is 0.333. The number of nitrogens with zero attached hydrogens (tertiary/aromatic N) is 2. The van der Waals surface area contributed by atoms with Crippen LogP contribution in [0.25, 0.3) is 5.53 Å². The van der Waals surface area contributed by atoms with E-state index in [-0.39, 0.29) is 11.5 Å². The molecule has 1 aromatic carbocycles. The molecule has 1 aliphatic rings. The second-order valence-corrected chi connectivity index (χ2v) is 4.67. The number of rotatable bonds is 3. The van der Waals surface area contributed by atoms with Gasteiger partial charge in [0.15, 0.2) is 0 Å². The van der Waals surface area contributed by atoms with Gasteiger partial charge in [0.05, 0.1) is 11.8 Å². The predicted octanol–water partition coefficient (Wildman–Crippen LogP) is 2.92. The van der Waals surface area contributed by atoms with Gasteiger partial charge in [0, 0.05) is 0 Å². The third kappa shape index (κ3) is 1.93. The van der Waals surface area contributed by atoms with Crippen LogP contribution in [0.2, 0.25) is 0 Å². The lowest BCUT2D eigenvalue weighted by Crippen LogP contribution is -2.44.